The van der Waals surface area contributed by atoms with E-state index in [1.165, 1.54) is 0 Å². The Morgan fingerprint density at radius 2 is 1.36 bits per heavy atom. The van der Waals surface area contributed by atoms with Crippen LogP contribution in [0.3, 0.4) is 0 Å². The van der Waals surface area contributed by atoms with Crippen molar-refractivity contribution in [3.05, 3.63) is 0 Å². The molecule has 1 saturated heterocycles. The molecule has 7 nitrogen and oxygen atoms in total. The maximum absolute atomic E-state index is 10.6. The van der Waals surface area contributed by atoms with Gasteiger partial charge in [-0.25, -0.2) is 9.59 Å². The molecule has 1 rings (SSSR count). The van der Waals surface area contributed by atoms with E-state index in [1.54, 1.807) is 0 Å². The van der Waals surface area contributed by atoms with Crippen LogP contribution in [-0.4, -0.2) is 65.1 Å². The van der Waals surface area contributed by atoms with E-state index >= 15 is 0 Å². The van der Waals surface area contributed by atoms with E-state index in [4.69, 9.17) is 30.8 Å². The number of nitrogens with zero attached hydrogens (tertiary/aromatic N) is 2. The second-order valence-corrected chi connectivity index (χ2v) is 4.69. The standard InChI is InChI=1S/C8H15N3.2C2HF3O2/c9-4-1-5-11-6-2-8(10)3-7-11;2*3-2(4,5)1(6)7/h8H,1-3,5-7,10H2;2*(H,6,7). The highest BCUT2D eigenvalue weighted by Crippen LogP contribution is 2.13. The molecule has 0 spiro atoms. The van der Waals surface area contributed by atoms with Crippen LogP contribution in [-0.2, 0) is 9.59 Å². The summed E-state index contributed by atoms with van der Waals surface area (Å²) in [6, 6.07) is 2.55. The van der Waals surface area contributed by atoms with Crippen molar-refractivity contribution < 1.29 is 46.1 Å². The van der Waals surface area contributed by atoms with Crippen LogP contribution in [0.1, 0.15) is 19.3 Å². The topological polar surface area (TPSA) is 128 Å². The van der Waals surface area contributed by atoms with E-state index in [-0.39, 0.29) is 0 Å². The van der Waals surface area contributed by atoms with Crippen LogP contribution in [0.25, 0.3) is 0 Å². The number of rotatable bonds is 2. The number of piperidine rings is 1. The van der Waals surface area contributed by atoms with Crippen molar-refractivity contribution in [2.75, 3.05) is 19.6 Å². The summed E-state index contributed by atoms with van der Waals surface area (Å²) in [6.45, 7) is 3.06. The molecule has 0 atom stereocenters. The van der Waals surface area contributed by atoms with Crippen LogP contribution in [0.2, 0.25) is 0 Å². The lowest BCUT2D eigenvalue weighted by Gasteiger charge is -2.29. The van der Waals surface area contributed by atoms with Crippen LogP contribution < -0.4 is 5.73 Å². The summed E-state index contributed by atoms with van der Waals surface area (Å²) in [5, 5.41) is 22.6. The van der Waals surface area contributed by atoms with Gasteiger partial charge in [-0.3, -0.25) is 0 Å². The zero-order valence-corrected chi connectivity index (χ0v) is 12.8. The second-order valence-electron chi connectivity index (χ2n) is 4.69. The molecular weight excluding hydrogens is 364 g/mol. The molecule has 0 saturated carbocycles. The number of nitrogens with two attached hydrogens (primary N) is 1. The third kappa shape index (κ3) is 15.2. The molecular formula is C12H17F6N3O4. The van der Waals surface area contributed by atoms with Crippen LogP contribution in [0.5, 0.6) is 0 Å². The molecule has 146 valence electrons. The van der Waals surface area contributed by atoms with Gasteiger partial charge < -0.3 is 20.8 Å². The van der Waals surface area contributed by atoms with Gasteiger partial charge in [-0.2, -0.15) is 31.6 Å². The van der Waals surface area contributed by atoms with Crippen molar-refractivity contribution in [2.45, 2.75) is 37.7 Å². The molecule has 1 aliphatic heterocycles. The maximum atomic E-state index is 10.6. The minimum atomic E-state index is -5.08. The summed E-state index contributed by atoms with van der Waals surface area (Å²) in [7, 11) is 0. The lowest BCUT2D eigenvalue weighted by Crippen LogP contribution is -2.39. The van der Waals surface area contributed by atoms with E-state index in [0.29, 0.717) is 12.5 Å². The number of nitriles is 1. The molecule has 1 fully saturated rings. The molecule has 0 aromatic heterocycles. The fourth-order valence-electron chi connectivity index (χ4n) is 1.38. The van der Waals surface area contributed by atoms with Gasteiger partial charge in [0, 0.05) is 19.0 Å². The number of carboxylic acid groups (broad SMARTS) is 2. The number of carboxylic acids is 2. The van der Waals surface area contributed by atoms with Gasteiger partial charge in [-0.05, 0) is 25.9 Å². The smallest absolute Gasteiger partial charge is 0.475 e. The van der Waals surface area contributed by atoms with Crippen LogP contribution in [0.4, 0.5) is 26.3 Å². The molecule has 25 heavy (non-hydrogen) atoms. The summed E-state index contributed by atoms with van der Waals surface area (Å²) >= 11 is 0. The second kappa shape index (κ2) is 11.5. The Labute approximate surface area is 138 Å². The monoisotopic (exact) mass is 381 g/mol. The molecule has 0 aliphatic carbocycles. The third-order valence-corrected chi connectivity index (χ3v) is 2.66. The van der Waals surface area contributed by atoms with Crippen molar-refractivity contribution in [1.82, 2.24) is 4.90 Å². The number of hydrogen-bond acceptors (Lipinski definition) is 5. The lowest BCUT2D eigenvalue weighted by atomic mass is 10.1. The average molecular weight is 381 g/mol. The van der Waals surface area contributed by atoms with Crippen LogP contribution in [0.15, 0.2) is 0 Å². The van der Waals surface area contributed by atoms with E-state index in [2.05, 4.69) is 11.0 Å². The fourth-order valence-corrected chi connectivity index (χ4v) is 1.38. The van der Waals surface area contributed by atoms with Gasteiger partial charge in [-0.15, -0.1) is 0 Å². The summed E-state index contributed by atoms with van der Waals surface area (Å²) in [6.07, 6.45) is -7.34. The SMILES string of the molecule is N#CCCN1CCC(N)CC1.O=C(O)C(F)(F)F.O=C(O)C(F)(F)F. The van der Waals surface area contributed by atoms with Gasteiger partial charge in [0.15, 0.2) is 0 Å². The van der Waals surface area contributed by atoms with Gasteiger partial charge in [0.2, 0.25) is 0 Å². The normalized spacial score (nSPS) is 15.8. The molecule has 0 aromatic carbocycles. The van der Waals surface area contributed by atoms with Gasteiger partial charge in [0.05, 0.1) is 6.07 Å². The van der Waals surface area contributed by atoms with Gasteiger partial charge in [0.25, 0.3) is 0 Å². The number of alkyl halides is 6. The van der Waals surface area contributed by atoms with Crippen molar-refractivity contribution in [3.8, 4) is 6.07 Å². The van der Waals surface area contributed by atoms with Crippen molar-refractivity contribution in [1.29, 1.82) is 5.26 Å². The van der Waals surface area contributed by atoms with E-state index in [0.717, 1.165) is 32.5 Å². The van der Waals surface area contributed by atoms with Gasteiger partial charge in [0.1, 0.15) is 0 Å². The summed E-state index contributed by atoms with van der Waals surface area (Å²) in [5.74, 6) is -5.51. The number of carbonyl (C=O) groups is 2. The quantitative estimate of drug-likeness (QED) is 0.620. The predicted molar refractivity (Wildman–Crippen MR) is 71.3 cm³/mol. The first-order chi connectivity index (χ1) is 11.2. The fraction of sp³-hybridized carbons (Fsp3) is 0.750. The van der Waals surface area contributed by atoms with Crippen molar-refractivity contribution >= 4 is 11.9 Å². The minimum Gasteiger partial charge on any atom is -0.475 e. The molecule has 0 radical (unpaired) electrons. The first-order valence-electron chi connectivity index (χ1n) is 6.67. The lowest BCUT2D eigenvalue weighted by molar-refractivity contribution is -0.193. The van der Waals surface area contributed by atoms with Crippen LogP contribution in [0, 0.1) is 11.3 Å². The average Bonchev–Trinajstić information content (AvgIpc) is 2.46. The van der Waals surface area contributed by atoms with Crippen molar-refractivity contribution in [3.63, 3.8) is 0 Å². The zero-order chi connectivity index (χ0) is 20.3. The first kappa shape index (κ1) is 25.2. The Kier molecular flexibility index (Phi) is 11.6. The van der Waals surface area contributed by atoms with Crippen molar-refractivity contribution in [2.24, 2.45) is 5.73 Å². The highest BCUT2D eigenvalue weighted by molar-refractivity contribution is 5.73. The molecule has 0 aromatic rings. The Bertz CT molecular complexity index is 429. The third-order valence-electron chi connectivity index (χ3n) is 2.66. The Balaban J connectivity index is 0. The number of likely N-dealkylation sites (tertiary alicyclic amines) is 1. The van der Waals surface area contributed by atoms with E-state index < -0.39 is 24.3 Å². The summed E-state index contributed by atoms with van der Waals surface area (Å²) < 4.78 is 63.5. The molecule has 1 aliphatic rings. The number of halogens is 6. The molecule has 4 N–H and O–H groups in total. The Hall–Kier alpha value is -2.07. The summed E-state index contributed by atoms with van der Waals surface area (Å²) in [4.78, 5) is 20.1. The van der Waals surface area contributed by atoms with E-state index in [9.17, 15) is 26.3 Å². The van der Waals surface area contributed by atoms with Gasteiger partial charge in [-0.1, -0.05) is 0 Å². The Morgan fingerprint density at radius 3 is 1.60 bits per heavy atom. The molecule has 0 bridgehead atoms. The molecule has 0 amide bonds. The highest BCUT2D eigenvalue weighted by Gasteiger charge is 2.38. The Morgan fingerprint density at radius 1 is 1.04 bits per heavy atom. The van der Waals surface area contributed by atoms with Crippen LogP contribution >= 0.6 is 0 Å². The minimum absolute atomic E-state index is 0.397. The zero-order valence-electron chi connectivity index (χ0n) is 12.8. The maximum Gasteiger partial charge on any atom is 0.490 e. The van der Waals surface area contributed by atoms with Gasteiger partial charge >= 0.3 is 24.3 Å². The predicted octanol–water partition coefficient (Wildman–Crippen LogP) is 1.59. The number of hydrogen-bond donors (Lipinski definition) is 3. The molecule has 1 heterocycles. The number of aliphatic carboxylic acids is 2. The molecule has 13 heteroatoms. The highest BCUT2D eigenvalue weighted by atomic mass is 19.4. The molecule has 0 unspecified atom stereocenters. The first-order valence-corrected chi connectivity index (χ1v) is 6.67. The van der Waals surface area contributed by atoms with E-state index in [1.807, 2.05) is 0 Å². The largest absolute Gasteiger partial charge is 0.490 e. The summed E-state index contributed by atoms with van der Waals surface area (Å²) in [5.41, 5.74) is 5.73.